The van der Waals surface area contributed by atoms with Gasteiger partial charge in [-0.1, -0.05) is 13.8 Å². The van der Waals surface area contributed by atoms with Crippen LogP contribution < -0.4 is 5.32 Å². The Morgan fingerprint density at radius 2 is 2.00 bits per heavy atom. The Hall–Kier alpha value is -1.59. The topological polar surface area (TPSA) is 86.7 Å². The summed E-state index contributed by atoms with van der Waals surface area (Å²) in [5.41, 5.74) is -0.986. The van der Waals surface area contributed by atoms with E-state index in [9.17, 15) is 19.5 Å². The van der Waals surface area contributed by atoms with Gasteiger partial charge in [0.15, 0.2) is 0 Å². The van der Waals surface area contributed by atoms with Gasteiger partial charge in [0.25, 0.3) is 0 Å². The van der Waals surface area contributed by atoms with Gasteiger partial charge < -0.3 is 15.3 Å². The summed E-state index contributed by atoms with van der Waals surface area (Å²) in [5, 5.41) is 12.2. The molecule has 1 rings (SSSR count). The van der Waals surface area contributed by atoms with Crippen LogP contribution in [0.1, 0.15) is 46.0 Å². The maximum Gasteiger partial charge on any atom is 0.310 e. The average Bonchev–Trinajstić information content (AvgIpc) is 2.40. The van der Waals surface area contributed by atoms with Crippen molar-refractivity contribution >= 4 is 17.8 Å². The fourth-order valence-corrected chi connectivity index (χ4v) is 2.59. The summed E-state index contributed by atoms with van der Waals surface area (Å²) >= 11 is 0. The minimum Gasteiger partial charge on any atom is -0.481 e. The van der Waals surface area contributed by atoms with E-state index in [1.807, 2.05) is 0 Å². The number of amides is 2. The molecule has 2 N–H and O–H groups in total. The van der Waals surface area contributed by atoms with Gasteiger partial charge in [0, 0.05) is 32.5 Å². The predicted octanol–water partition coefficient (Wildman–Crippen LogP) is 1.00. The van der Waals surface area contributed by atoms with Crippen LogP contribution in [0.5, 0.6) is 0 Å². The largest absolute Gasteiger partial charge is 0.481 e. The van der Waals surface area contributed by atoms with Crippen LogP contribution in [0.25, 0.3) is 0 Å². The molecule has 6 heteroatoms. The first-order valence-corrected chi connectivity index (χ1v) is 7.11. The fourth-order valence-electron chi connectivity index (χ4n) is 2.59. The molecule has 1 atom stereocenters. The summed E-state index contributed by atoms with van der Waals surface area (Å²) in [7, 11) is 1.71. The number of carboxylic acids is 1. The molecule has 1 saturated heterocycles. The number of nitrogens with zero attached hydrogens (tertiary/aromatic N) is 1. The van der Waals surface area contributed by atoms with Gasteiger partial charge in [-0.3, -0.25) is 14.4 Å². The summed E-state index contributed by atoms with van der Waals surface area (Å²) in [5.74, 6) is -1.09. The third kappa shape index (κ3) is 3.71. The summed E-state index contributed by atoms with van der Waals surface area (Å²) < 4.78 is 0. The number of carboxylic acid groups (broad SMARTS) is 1. The minimum atomic E-state index is -0.986. The lowest BCUT2D eigenvalue weighted by Crippen LogP contribution is -2.49. The quantitative estimate of drug-likeness (QED) is 0.762. The van der Waals surface area contributed by atoms with E-state index >= 15 is 0 Å². The third-order valence-corrected chi connectivity index (χ3v) is 4.30. The van der Waals surface area contributed by atoms with Gasteiger partial charge in [-0.25, -0.2) is 0 Å². The Balaban J connectivity index is 2.59. The number of likely N-dealkylation sites (N-methyl/N-ethyl adjacent to an activating group) is 1. The second-order valence-corrected chi connectivity index (χ2v) is 5.55. The van der Waals surface area contributed by atoms with E-state index in [0.717, 1.165) is 0 Å². The van der Waals surface area contributed by atoms with E-state index in [0.29, 0.717) is 32.2 Å². The van der Waals surface area contributed by atoms with Gasteiger partial charge in [0.1, 0.15) is 0 Å². The molecule has 0 aromatic heterocycles. The zero-order chi connectivity index (χ0) is 15.3. The number of hydrogen-bond donors (Lipinski definition) is 2. The first-order valence-electron chi connectivity index (χ1n) is 7.11. The maximum absolute atomic E-state index is 12.1. The van der Waals surface area contributed by atoms with E-state index in [1.165, 1.54) is 0 Å². The molecule has 0 aliphatic carbocycles. The summed E-state index contributed by atoms with van der Waals surface area (Å²) in [6, 6.07) is -0.0783. The molecule has 0 spiro atoms. The molecule has 0 radical (unpaired) electrons. The predicted molar refractivity (Wildman–Crippen MR) is 74.1 cm³/mol. The smallest absolute Gasteiger partial charge is 0.310 e. The van der Waals surface area contributed by atoms with Crippen LogP contribution in [-0.4, -0.2) is 47.4 Å². The van der Waals surface area contributed by atoms with Crippen LogP contribution in [0.15, 0.2) is 0 Å². The molecular formula is C14H24N2O4. The highest BCUT2D eigenvalue weighted by Crippen LogP contribution is 2.31. The lowest BCUT2D eigenvalue weighted by atomic mass is 9.79. The zero-order valence-electron chi connectivity index (χ0n) is 12.4. The van der Waals surface area contributed by atoms with Crippen molar-refractivity contribution in [3.63, 3.8) is 0 Å². The average molecular weight is 284 g/mol. The molecule has 1 aliphatic heterocycles. The molecule has 0 bridgehead atoms. The van der Waals surface area contributed by atoms with Crippen LogP contribution in [0.4, 0.5) is 0 Å². The Labute approximate surface area is 119 Å². The molecular weight excluding hydrogens is 260 g/mol. The molecule has 0 aromatic rings. The monoisotopic (exact) mass is 284 g/mol. The van der Waals surface area contributed by atoms with Gasteiger partial charge in [-0.2, -0.15) is 0 Å². The van der Waals surface area contributed by atoms with Crippen LogP contribution >= 0.6 is 0 Å². The molecule has 20 heavy (non-hydrogen) atoms. The molecule has 0 saturated carbocycles. The number of carbonyl (C=O) groups is 3. The normalized spacial score (nSPS) is 19.9. The fraction of sp³-hybridized carbons (Fsp3) is 0.786. The SMILES string of the molecule is CCC(CC)(CC(=O)NC1CCC(=O)N(C)C1)C(=O)O. The van der Waals surface area contributed by atoms with Crippen LogP contribution in [0.3, 0.4) is 0 Å². The molecule has 1 aliphatic rings. The molecule has 114 valence electrons. The van der Waals surface area contributed by atoms with Crippen molar-refractivity contribution in [2.75, 3.05) is 13.6 Å². The highest BCUT2D eigenvalue weighted by Gasteiger charge is 2.37. The van der Waals surface area contributed by atoms with Crippen molar-refractivity contribution < 1.29 is 19.5 Å². The summed E-state index contributed by atoms with van der Waals surface area (Å²) in [6.45, 7) is 4.07. The Morgan fingerprint density at radius 3 is 2.45 bits per heavy atom. The van der Waals surface area contributed by atoms with Crippen LogP contribution in [-0.2, 0) is 14.4 Å². The highest BCUT2D eigenvalue weighted by atomic mass is 16.4. The first-order chi connectivity index (χ1) is 9.34. The standard InChI is InChI=1S/C14H24N2O4/c1-4-14(5-2,13(19)20)8-11(17)15-10-6-7-12(18)16(3)9-10/h10H,4-9H2,1-3H3,(H,15,17)(H,19,20). The second-order valence-electron chi connectivity index (χ2n) is 5.55. The molecule has 6 nitrogen and oxygen atoms in total. The maximum atomic E-state index is 12.1. The number of likely N-dealkylation sites (tertiary alicyclic amines) is 1. The second kappa shape index (κ2) is 6.72. The number of hydrogen-bond acceptors (Lipinski definition) is 3. The van der Waals surface area contributed by atoms with Crippen molar-refractivity contribution in [1.82, 2.24) is 10.2 Å². The van der Waals surface area contributed by atoms with Crippen molar-refractivity contribution in [3.05, 3.63) is 0 Å². The van der Waals surface area contributed by atoms with E-state index in [4.69, 9.17) is 0 Å². The van der Waals surface area contributed by atoms with E-state index in [-0.39, 0.29) is 24.3 Å². The molecule has 1 unspecified atom stereocenters. The minimum absolute atomic E-state index is 0.0104. The van der Waals surface area contributed by atoms with Crippen LogP contribution in [0, 0.1) is 5.41 Å². The Kier molecular flexibility index (Phi) is 5.53. The lowest BCUT2D eigenvalue weighted by Gasteiger charge is -2.32. The van der Waals surface area contributed by atoms with Crippen molar-refractivity contribution in [3.8, 4) is 0 Å². The highest BCUT2D eigenvalue weighted by molar-refractivity contribution is 5.85. The third-order valence-electron chi connectivity index (χ3n) is 4.30. The zero-order valence-corrected chi connectivity index (χ0v) is 12.4. The first kappa shape index (κ1) is 16.5. The number of aliphatic carboxylic acids is 1. The van der Waals surface area contributed by atoms with E-state index in [2.05, 4.69) is 5.32 Å². The Bertz CT molecular complexity index is 391. The molecule has 1 heterocycles. The molecule has 0 aromatic carbocycles. The van der Waals surface area contributed by atoms with Gasteiger partial charge >= 0.3 is 5.97 Å². The van der Waals surface area contributed by atoms with E-state index < -0.39 is 11.4 Å². The number of piperidine rings is 1. The van der Waals surface area contributed by atoms with Gasteiger partial charge in [-0.05, 0) is 19.3 Å². The van der Waals surface area contributed by atoms with Gasteiger partial charge in [-0.15, -0.1) is 0 Å². The Morgan fingerprint density at radius 1 is 1.40 bits per heavy atom. The number of rotatable bonds is 6. The number of nitrogens with one attached hydrogen (secondary N) is 1. The van der Waals surface area contributed by atoms with Crippen molar-refractivity contribution in [1.29, 1.82) is 0 Å². The lowest BCUT2D eigenvalue weighted by molar-refractivity contribution is -0.152. The summed E-state index contributed by atoms with van der Waals surface area (Å²) in [6.07, 6.45) is 1.88. The van der Waals surface area contributed by atoms with Crippen molar-refractivity contribution in [2.24, 2.45) is 5.41 Å². The van der Waals surface area contributed by atoms with Gasteiger partial charge in [0.2, 0.25) is 11.8 Å². The molecule has 1 fully saturated rings. The molecule has 2 amide bonds. The van der Waals surface area contributed by atoms with Gasteiger partial charge in [0.05, 0.1) is 5.41 Å². The summed E-state index contributed by atoms with van der Waals surface area (Å²) in [4.78, 5) is 36.4. The van der Waals surface area contributed by atoms with Crippen LogP contribution in [0.2, 0.25) is 0 Å². The van der Waals surface area contributed by atoms with Crippen molar-refractivity contribution in [2.45, 2.75) is 52.0 Å². The van der Waals surface area contributed by atoms with E-state index in [1.54, 1.807) is 25.8 Å². The number of carbonyl (C=O) groups excluding carboxylic acids is 2.